The Kier molecular flexibility index (Phi) is 4.76. The van der Waals surface area contributed by atoms with Crippen LogP contribution in [0.15, 0.2) is 24.3 Å². The number of benzene rings is 1. The summed E-state index contributed by atoms with van der Waals surface area (Å²) in [6.07, 6.45) is -1.83. The number of nitriles is 3. The molecule has 3 fully saturated rings. The van der Waals surface area contributed by atoms with Gasteiger partial charge in [-0.2, -0.15) is 29.0 Å². The van der Waals surface area contributed by atoms with Crippen LogP contribution in [-0.2, 0) is 15.7 Å². The van der Waals surface area contributed by atoms with Crippen LogP contribution in [0, 0.1) is 56.2 Å². The molecule has 1 N–H and O–H groups in total. The van der Waals surface area contributed by atoms with Crippen molar-refractivity contribution in [1.29, 1.82) is 21.2 Å². The quantitative estimate of drug-likeness (QED) is 0.677. The van der Waals surface area contributed by atoms with Crippen molar-refractivity contribution in [2.45, 2.75) is 56.6 Å². The lowest BCUT2D eigenvalue weighted by molar-refractivity contribution is -0.289. The van der Waals surface area contributed by atoms with Gasteiger partial charge in [0.2, 0.25) is 17.1 Å². The van der Waals surface area contributed by atoms with Crippen molar-refractivity contribution in [3.8, 4) is 18.2 Å². The standard InChI is InChI=1S/C22H19F3N4O2/c23-22(24,25)15-8-6-14(7-9-15)17-19(11-26,12-27)20(13-28)16-5-3-1-2-4-10-21(16,30-17)31-18(20)29/h6-9,16-17,29H,1-5,10H2. The SMILES string of the molecule is N#CC1(C#N)C(c2ccc(C(F)(F)F)cc2)OC23CCCCCCC2C1(C#N)C(=N)O3. The van der Waals surface area contributed by atoms with Crippen LogP contribution < -0.4 is 0 Å². The highest BCUT2D eigenvalue weighted by Crippen LogP contribution is 2.68. The van der Waals surface area contributed by atoms with E-state index in [2.05, 4.69) is 6.07 Å². The molecule has 1 aliphatic carbocycles. The molecule has 31 heavy (non-hydrogen) atoms. The maximum absolute atomic E-state index is 13.0. The second-order valence-corrected chi connectivity index (χ2v) is 8.32. The molecule has 160 valence electrons. The van der Waals surface area contributed by atoms with Crippen LogP contribution in [-0.4, -0.2) is 11.7 Å². The zero-order chi connectivity index (χ0) is 22.5. The number of ether oxygens (including phenoxy) is 2. The minimum atomic E-state index is -4.55. The maximum Gasteiger partial charge on any atom is 0.416 e. The second-order valence-electron chi connectivity index (χ2n) is 8.32. The number of nitrogens with one attached hydrogen (secondary N) is 1. The topological polar surface area (TPSA) is 114 Å². The summed E-state index contributed by atoms with van der Waals surface area (Å²) in [5, 5.41) is 39.1. The van der Waals surface area contributed by atoms with E-state index in [4.69, 9.17) is 14.9 Å². The summed E-state index contributed by atoms with van der Waals surface area (Å²) in [4.78, 5) is 0. The molecular formula is C22H19F3N4O2. The van der Waals surface area contributed by atoms with E-state index in [1.54, 1.807) is 0 Å². The highest BCUT2D eigenvalue weighted by Gasteiger charge is 2.80. The monoisotopic (exact) mass is 428 g/mol. The van der Waals surface area contributed by atoms with Gasteiger partial charge in [0.05, 0.1) is 29.7 Å². The molecule has 4 rings (SSSR count). The van der Waals surface area contributed by atoms with Crippen molar-refractivity contribution in [1.82, 2.24) is 0 Å². The van der Waals surface area contributed by atoms with Gasteiger partial charge in [0.15, 0.2) is 5.41 Å². The van der Waals surface area contributed by atoms with E-state index in [0.29, 0.717) is 19.3 Å². The van der Waals surface area contributed by atoms with Crippen molar-refractivity contribution in [2.24, 2.45) is 16.7 Å². The lowest BCUT2D eigenvalue weighted by Crippen LogP contribution is -2.59. The zero-order valence-electron chi connectivity index (χ0n) is 16.5. The minimum absolute atomic E-state index is 0.161. The summed E-state index contributed by atoms with van der Waals surface area (Å²) in [7, 11) is 0. The molecule has 9 heteroatoms. The van der Waals surface area contributed by atoms with Crippen LogP contribution in [0.25, 0.3) is 0 Å². The average Bonchev–Trinajstić information content (AvgIpc) is 2.90. The molecule has 2 saturated heterocycles. The lowest BCUT2D eigenvalue weighted by atomic mass is 9.52. The first-order valence-electron chi connectivity index (χ1n) is 10.1. The van der Waals surface area contributed by atoms with Crippen LogP contribution in [0.2, 0.25) is 0 Å². The first-order valence-corrected chi connectivity index (χ1v) is 10.1. The van der Waals surface area contributed by atoms with Crippen molar-refractivity contribution in [2.75, 3.05) is 0 Å². The Labute approximate surface area is 177 Å². The van der Waals surface area contributed by atoms with E-state index in [9.17, 15) is 29.0 Å². The highest BCUT2D eigenvalue weighted by molar-refractivity contribution is 5.89. The summed E-state index contributed by atoms with van der Waals surface area (Å²) in [6.45, 7) is 0. The molecule has 0 spiro atoms. The van der Waals surface area contributed by atoms with E-state index in [1.165, 1.54) is 0 Å². The van der Waals surface area contributed by atoms with Gasteiger partial charge < -0.3 is 9.47 Å². The fourth-order valence-corrected chi connectivity index (χ4v) is 5.36. The number of halogens is 3. The number of hydrogen-bond donors (Lipinski definition) is 1. The highest BCUT2D eigenvalue weighted by atomic mass is 19.4. The van der Waals surface area contributed by atoms with Crippen LogP contribution in [0.5, 0.6) is 0 Å². The lowest BCUT2D eigenvalue weighted by Gasteiger charge is -2.50. The number of alkyl halides is 3. The molecule has 2 heterocycles. The molecule has 0 radical (unpaired) electrons. The normalized spacial score (nSPS) is 34.1. The predicted molar refractivity (Wildman–Crippen MR) is 99.7 cm³/mol. The average molecular weight is 428 g/mol. The molecule has 2 aliphatic heterocycles. The van der Waals surface area contributed by atoms with Gasteiger partial charge in [0.1, 0.15) is 6.10 Å². The fourth-order valence-electron chi connectivity index (χ4n) is 5.36. The molecular weight excluding hydrogens is 409 g/mol. The molecule has 0 amide bonds. The predicted octanol–water partition coefficient (Wildman–Crippen LogP) is 4.99. The minimum Gasteiger partial charge on any atom is -0.447 e. The Morgan fingerprint density at radius 2 is 1.61 bits per heavy atom. The smallest absolute Gasteiger partial charge is 0.416 e. The van der Waals surface area contributed by atoms with Gasteiger partial charge in [0.25, 0.3) is 0 Å². The molecule has 1 aromatic carbocycles. The van der Waals surface area contributed by atoms with Gasteiger partial charge in [-0.25, -0.2) is 0 Å². The molecule has 3 aliphatic rings. The van der Waals surface area contributed by atoms with E-state index < -0.39 is 46.3 Å². The summed E-state index contributed by atoms with van der Waals surface area (Å²) < 4.78 is 51.2. The number of rotatable bonds is 1. The first kappa shape index (κ1) is 21.2. The van der Waals surface area contributed by atoms with E-state index in [-0.39, 0.29) is 5.56 Å². The van der Waals surface area contributed by atoms with Gasteiger partial charge in [-0.15, -0.1) is 0 Å². The molecule has 0 aromatic heterocycles. The Morgan fingerprint density at radius 1 is 0.968 bits per heavy atom. The second kappa shape index (κ2) is 6.97. The Balaban J connectivity index is 1.92. The molecule has 2 bridgehead atoms. The van der Waals surface area contributed by atoms with Crippen LogP contribution in [0.3, 0.4) is 0 Å². The molecule has 1 aromatic rings. The van der Waals surface area contributed by atoms with E-state index in [0.717, 1.165) is 43.5 Å². The number of nitrogens with zero attached hydrogens (tertiary/aromatic N) is 3. The van der Waals surface area contributed by atoms with Crippen molar-refractivity contribution < 1.29 is 22.6 Å². The summed E-state index contributed by atoms with van der Waals surface area (Å²) >= 11 is 0. The molecule has 4 unspecified atom stereocenters. The largest absolute Gasteiger partial charge is 0.447 e. The van der Waals surface area contributed by atoms with Gasteiger partial charge in [0, 0.05) is 6.42 Å². The van der Waals surface area contributed by atoms with Crippen LogP contribution in [0.1, 0.15) is 55.8 Å². The van der Waals surface area contributed by atoms with E-state index >= 15 is 0 Å². The third-order valence-corrected chi connectivity index (χ3v) is 6.86. The fraction of sp³-hybridized carbons (Fsp3) is 0.545. The zero-order valence-corrected chi connectivity index (χ0v) is 16.5. The summed E-state index contributed by atoms with van der Waals surface area (Å²) in [5.41, 5.74) is -4.74. The molecule has 6 nitrogen and oxygen atoms in total. The maximum atomic E-state index is 13.0. The number of hydrogen-bond acceptors (Lipinski definition) is 6. The third-order valence-electron chi connectivity index (χ3n) is 6.86. The summed E-state index contributed by atoms with van der Waals surface area (Å²) in [6, 6.07) is 9.95. The Hall–Kier alpha value is -3.09. The van der Waals surface area contributed by atoms with Crippen LogP contribution >= 0.6 is 0 Å². The Morgan fingerprint density at radius 3 is 2.19 bits per heavy atom. The molecule has 1 saturated carbocycles. The first-order chi connectivity index (χ1) is 14.7. The van der Waals surface area contributed by atoms with Gasteiger partial charge in [-0.05, 0) is 30.5 Å². The van der Waals surface area contributed by atoms with Gasteiger partial charge >= 0.3 is 6.18 Å². The van der Waals surface area contributed by atoms with E-state index in [1.807, 2.05) is 12.1 Å². The van der Waals surface area contributed by atoms with Gasteiger partial charge in [-0.1, -0.05) is 31.4 Å². The van der Waals surface area contributed by atoms with Gasteiger partial charge in [-0.3, -0.25) is 5.41 Å². The van der Waals surface area contributed by atoms with Crippen molar-refractivity contribution >= 4 is 5.90 Å². The Bertz CT molecular complexity index is 1020. The van der Waals surface area contributed by atoms with Crippen LogP contribution in [0.4, 0.5) is 13.2 Å². The van der Waals surface area contributed by atoms with Crippen molar-refractivity contribution in [3.05, 3.63) is 35.4 Å². The third kappa shape index (κ3) is 2.68. The summed E-state index contributed by atoms with van der Waals surface area (Å²) in [5.74, 6) is -2.53. The molecule has 4 atom stereocenters. The van der Waals surface area contributed by atoms with Crippen molar-refractivity contribution in [3.63, 3.8) is 0 Å².